The largest absolute Gasteiger partial charge is 0.377 e. The van der Waals surface area contributed by atoms with Crippen LogP contribution in [-0.2, 0) is 19.6 Å². The van der Waals surface area contributed by atoms with Gasteiger partial charge in [-0.3, -0.25) is 4.79 Å². The molecular weight excluding hydrogens is 420 g/mol. The van der Waals surface area contributed by atoms with Gasteiger partial charge in [0.2, 0.25) is 5.91 Å². The van der Waals surface area contributed by atoms with Crippen LogP contribution in [0.2, 0.25) is 4.34 Å². The second kappa shape index (κ2) is 9.71. The van der Waals surface area contributed by atoms with Gasteiger partial charge in [-0.2, -0.15) is 4.31 Å². The first kappa shape index (κ1) is 21.8. The lowest BCUT2D eigenvalue weighted by Gasteiger charge is -2.36. The lowest BCUT2D eigenvalue weighted by molar-refractivity contribution is -0.138. The zero-order chi connectivity index (χ0) is 20.1. The van der Waals surface area contributed by atoms with Gasteiger partial charge in [0.25, 0.3) is 10.0 Å². The predicted molar refractivity (Wildman–Crippen MR) is 111 cm³/mol. The van der Waals surface area contributed by atoms with Crippen molar-refractivity contribution in [2.24, 2.45) is 11.8 Å². The Balaban J connectivity index is 1.47. The number of carbonyl (C=O) groups is 1. The standard InChI is InChI=1S/C19H27ClN2O4S2/c1-2-13-26-14-15-5-9-21(10-6-15)19(23)16-7-11-22(12-8-16)28(24,25)18-4-3-17(20)27-18/h2-4,15-16H,1,5-14H2. The van der Waals surface area contributed by atoms with Gasteiger partial charge in [0.1, 0.15) is 4.21 Å². The summed E-state index contributed by atoms with van der Waals surface area (Å²) in [7, 11) is -3.51. The second-order valence-electron chi connectivity index (χ2n) is 7.33. The van der Waals surface area contributed by atoms with E-state index in [1.807, 2.05) is 4.90 Å². The van der Waals surface area contributed by atoms with E-state index in [0.29, 0.717) is 42.8 Å². The van der Waals surface area contributed by atoms with Crippen molar-refractivity contribution in [3.05, 3.63) is 29.1 Å². The first-order chi connectivity index (χ1) is 13.4. The van der Waals surface area contributed by atoms with Crippen LogP contribution in [0.4, 0.5) is 0 Å². The average Bonchev–Trinajstić information content (AvgIpc) is 3.15. The highest BCUT2D eigenvalue weighted by Gasteiger charge is 2.35. The number of likely N-dealkylation sites (tertiary alicyclic amines) is 1. The number of ether oxygens (including phenoxy) is 1. The average molecular weight is 447 g/mol. The maximum absolute atomic E-state index is 12.8. The molecule has 0 aromatic carbocycles. The Morgan fingerprint density at radius 1 is 1.21 bits per heavy atom. The van der Waals surface area contributed by atoms with Gasteiger partial charge in [0.15, 0.2) is 0 Å². The number of hydrogen-bond acceptors (Lipinski definition) is 5. The van der Waals surface area contributed by atoms with Gasteiger partial charge >= 0.3 is 0 Å². The number of thiophene rings is 1. The van der Waals surface area contributed by atoms with Crippen molar-refractivity contribution in [1.29, 1.82) is 0 Å². The molecule has 9 heteroatoms. The molecule has 0 bridgehead atoms. The molecule has 0 spiro atoms. The summed E-state index contributed by atoms with van der Waals surface area (Å²) in [4.78, 5) is 14.8. The van der Waals surface area contributed by atoms with Crippen LogP contribution < -0.4 is 0 Å². The molecule has 1 amide bonds. The van der Waals surface area contributed by atoms with E-state index < -0.39 is 10.0 Å². The lowest BCUT2D eigenvalue weighted by atomic mass is 9.93. The molecule has 0 saturated carbocycles. The minimum Gasteiger partial charge on any atom is -0.377 e. The van der Waals surface area contributed by atoms with Crippen LogP contribution in [0.1, 0.15) is 25.7 Å². The molecule has 2 fully saturated rings. The molecule has 1 aromatic rings. The number of piperidine rings is 2. The topological polar surface area (TPSA) is 66.9 Å². The maximum Gasteiger partial charge on any atom is 0.252 e. The van der Waals surface area contributed by atoms with E-state index in [-0.39, 0.29) is 16.0 Å². The zero-order valence-electron chi connectivity index (χ0n) is 15.9. The monoisotopic (exact) mass is 446 g/mol. The highest BCUT2D eigenvalue weighted by Crippen LogP contribution is 2.31. The van der Waals surface area contributed by atoms with Crippen molar-refractivity contribution in [3.63, 3.8) is 0 Å². The second-order valence-corrected chi connectivity index (χ2v) is 11.2. The minimum atomic E-state index is -3.51. The van der Waals surface area contributed by atoms with E-state index >= 15 is 0 Å². The third-order valence-electron chi connectivity index (χ3n) is 5.46. The van der Waals surface area contributed by atoms with Crippen LogP contribution >= 0.6 is 22.9 Å². The highest BCUT2D eigenvalue weighted by atomic mass is 35.5. The van der Waals surface area contributed by atoms with Crippen molar-refractivity contribution < 1.29 is 17.9 Å². The first-order valence-electron chi connectivity index (χ1n) is 9.64. The quantitative estimate of drug-likeness (QED) is 0.476. The fourth-order valence-corrected chi connectivity index (χ4v) is 6.91. The minimum absolute atomic E-state index is 0.0908. The van der Waals surface area contributed by atoms with E-state index in [4.69, 9.17) is 16.3 Å². The predicted octanol–water partition coefficient (Wildman–Crippen LogP) is 3.24. The Hall–Kier alpha value is -0.930. The molecule has 156 valence electrons. The molecule has 3 heterocycles. The molecule has 2 saturated heterocycles. The van der Waals surface area contributed by atoms with Crippen LogP contribution in [0, 0.1) is 11.8 Å². The zero-order valence-corrected chi connectivity index (χ0v) is 18.3. The van der Waals surface area contributed by atoms with Gasteiger partial charge < -0.3 is 9.64 Å². The fraction of sp³-hybridized carbons (Fsp3) is 0.632. The third-order valence-corrected chi connectivity index (χ3v) is 9.06. The molecule has 0 atom stereocenters. The summed E-state index contributed by atoms with van der Waals surface area (Å²) < 4.78 is 33.1. The molecular formula is C19H27ClN2O4S2. The van der Waals surface area contributed by atoms with Crippen molar-refractivity contribution in [2.75, 3.05) is 39.4 Å². The normalized spacial score (nSPS) is 20.4. The van der Waals surface area contributed by atoms with Crippen molar-refractivity contribution in [1.82, 2.24) is 9.21 Å². The van der Waals surface area contributed by atoms with Crippen molar-refractivity contribution >= 4 is 38.9 Å². The van der Waals surface area contributed by atoms with Crippen molar-refractivity contribution in [2.45, 2.75) is 29.9 Å². The molecule has 1 aromatic heterocycles. The maximum atomic E-state index is 12.8. The molecule has 28 heavy (non-hydrogen) atoms. The molecule has 0 radical (unpaired) electrons. The fourth-order valence-electron chi connectivity index (χ4n) is 3.80. The van der Waals surface area contributed by atoms with Gasteiger partial charge in [-0.25, -0.2) is 8.42 Å². The molecule has 2 aliphatic rings. The molecule has 0 N–H and O–H groups in total. The molecule has 2 aliphatic heterocycles. The number of nitrogens with zero attached hydrogens (tertiary/aromatic N) is 2. The number of amides is 1. The summed E-state index contributed by atoms with van der Waals surface area (Å²) in [6, 6.07) is 3.14. The molecule has 6 nitrogen and oxygen atoms in total. The smallest absolute Gasteiger partial charge is 0.252 e. The Labute approximate surface area is 176 Å². The van der Waals surface area contributed by atoms with Gasteiger partial charge in [-0.15, -0.1) is 17.9 Å². The number of carbonyl (C=O) groups excluding carboxylic acids is 1. The summed E-state index contributed by atoms with van der Waals surface area (Å²) in [6.07, 6.45) is 4.79. The van der Waals surface area contributed by atoms with Crippen LogP contribution in [0.15, 0.2) is 29.0 Å². The van der Waals surface area contributed by atoms with Gasteiger partial charge in [0.05, 0.1) is 10.9 Å². The van der Waals surface area contributed by atoms with Gasteiger partial charge in [-0.1, -0.05) is 17.7 Å². The van der Waals surface area contributed by atoms with Crippen LogP contribution in [0.25, 0.3) is 0 Å². The number of sulfonamides is 1. The van der Waals surface area contributed by atoms with Crippen molar-refractivity contribution in [3.8, 4) is 0 Å². The SMILES string of the molecule is C=CCOCC1CCN(C(=O)C2CCN(S(=O)(=O)c3ccc(Cl)s3)CC2)CC1. The summed E-state index contributed by atoms with van der Waals surface area (Å²) in [5.41, 5.74) is 0. The highest BCUT2D eigenvalue weighted by molar-refractivity contribution is 7.91. The molecule has 3 rings (SSSR count). The Morgan fingerprint density at radius 2 is 1.89 bits per heavy atom. The van der Waals surface area contributed by atoms with E-state index in [2.05, 4.69) is 6.58 Å². The lowest BCUT2D eigenvalue weighted by Crippen LogP contribution is -2.46. The number of rotatable bonds is 7. The van der Waals surface area contributed by atoms with Gasteiger partial charge in [0, 0.05) is 38.7 Å². The Morgan fingerprint density at radius 3 is 2.46 bits per heavy atom. The van der Waals surface area contributed by atoms with Crippen LogP contribution in [0.5, 0.6) is 0 Å². The summed E-state index contributed by atoms with van der Waals surface area (Å²) >= 11 is 6.95. The van der Waals surface area contributed by atoms with E-state index in [1.54, 1.807) is 18.2 Å². The number of hydrogen-bond donors (Lipinski definition) is 0. The summed E-state index contributed by atoms with van der Waals surface area (Å²) in [6.45, 7) is 7.20. The van der Waals surface area contributed by atoms with Crippen LogP contribution in [-0.4, -0.2) is 62.9 Å². The Kier molecular flexibility index (Phi) is 7.55. The van der Waals surface area contributed by atoms with E-state index in [9.17, 15) is 13.2 Å². The molecule has 0 unspecified atom stereocenters. The van der Waals surface area contributed by atoms with Crippen LogP contribution in [0.3, 0.4) is 0 Å². The summed E-state index contributed by atoms with van der Waals surface area (Å²) in [5.74, 6) is 0.572. The number of halogens is 1. The first-order valence-corrected chi connectivity index (χ1v) is 12.3. The third kappa shape index (κ3) is 5.16. The summed E-state index contributed by atoms with van der Waals surface area (Å²) in [5, 5.41) is 0. The Bertz CT molecular complexity index is 780. The van der Waals surface area contributed by atoms with Gasteiger partial charge in [-0.05, 0) is 43.7 Å². The van der Waals surface area contributed by atoms with E-state index in [0.717, 1.165) is 43.9 Å². The van der Waals surface area contributed by atoms with E-state index in [1.165, 1.54) is 4.31 Å². The molecule has 0 aliphatic carbocycles.